The molecule has 0 unspecified atom stereocenters. The Hall–Kier alpha value is -3.85. The molecule has 0 bridgehead atoms. The fourth-order valence-corrected chi connectivity index (χ4v) is 7.27. The first-order valence-electron chi connectivity index (χ1n) is 14.1. The second-order valence-corrected chi connectivity index (χ2v) is 12.0. The van der Waals surface area contributed by atoms with Gasteiger partial charge in [0.15, 0.2) is 5.16 Å². The van der Waals surface area contributed by atoms with Crippen molar-refractivity contribution in [3.8, 4) is 16.9 Å². The molecule has 5 nitrogen and oxygen atoms in total. The predicted molar refractivity (Wildman–Crippen MR) is 159 cm³/mol. The lowest BCUT2D eigenvalue weighted by Gasteiger charge is -2.42. The zero-order valence-corrected chi connectivity index (χ0v) is 23.9. The lowest BCUT2D eigenvalue weighted by Crippen LogP contribution is -2.43. The van der Waals surface area contributed by atoms with Gasteiger partial charge in [-0.15, -0.1) is 0 Å². The normalized spacial score (nSPS) is 15.6. The van der Waals surface area contributed by atoms with Gasteiger partial charge in [-0.25, -0.2) is 4.98 Å². The molecule has 42 heavy (non-hydrogen) atoms. The van der Waals surface area contributed by atoms with Gasteiger partial charge in [-0.05, 0) is 55.5 Å². The molecular weight excluding hydrogens is 559 g/mol. The number of benzene rings is 3. The van der Waals surface area contributed by atoms with Crippen molar-refractivity contribution in [2.45, 2.75) is 62.2 Å². The van der Waals surface area contributed by atoms with Gasteiger partial charge in [0.2, 0.25) is 5.91 Å². The Labute approximate surface area is 246 Å². The summed E-state index contributed by atoms with van der Waals surface area (Å²) in [6.45, 7) is 1.92. The average Bonchev–Trinajstić information content (AvgIpc) is 2.97. The van der Waals surface area contributed by atoms with Crippen molar-refractivity contribution < 1.29 is 18.0 Å². The highest BCUT2D eigenvalue weighted by Crippen LogP contribution is 2.49. The van der Waals surface area contributed by atoms with Gasteiger partial charge in [-0.1, -0.05) is 85.6 Å². The van der Waals surface area contributed by atoms with E-state index in [2.05, 4.69) is 11.4 Å². The van der Waals surface area contributed by atoms with Crippen molar-refractivity contribution in [1.82, 2.24) is 9.55 Å². The van der Waals surface area contributed by atoms with Crippen LogP contribution in [0, 0.1) is 6.92 Å². The Kier molecular flexibility index (Phi) is 7.47. The van der Waals surface area contributed by atoms with E-state index in [-0.39, 0.29) is 22.4 Å². The molecule has 1 aromatic heterocycles. The minimum Gasteiger partial charge on any atom is -0.325 e. The Bertz CT molecular complexity index is 1720. The highest BCUT2D eigenvalue weighted by atomic mass is 32.2. The summed E-state index contributed by atoms with van der Waals surface area (Å²) in [4.78, 5) is 32.7. The van der Waals surface area contributed by atoms with Crippen molar-refractivity contribution in [3.05, 3.63) is 105 Å². The number of nitrogens with one attached hydrogen (secondary N) is 1. The molecule has 4 aromatic rings. The van der Waals surface area contributed by atoms with E-state index in [4.69, 9.17) is 4.98 Å². The lowest BCUT2D eigenvalue weighted by atomic mass is 9.62. The van der Waals surface area contributed by atoms with Crippen molar-refractivity contribution in [3.63, 3.8) is 0 Å². The van der Waals surface area contributed by atoms with Crippen molar-refractivity contribution in [1.29, 1.82) is 0 Å². The molecule has 1 fully saturated rings. The van der Waals surface area contributed by atoms with Crippen LogP contribution in [0.5, 0.6) is 0 Å². The third-order valence-electron chi connectivity index (χ3n) is 8.39. The molecule has 0 atom stereocenters. The molecule has 3 aromatic carbocycles. The highest BCUT2D eigenvalue weighted by Gasteiger charge is 2.43. The molecule has 2 aliphatic rings. The molecule has 1 N–H and O–H groups in total. The summed E-state index contributed by atoms with van der Waals surface area (Å²) >= 11 is 1.05. The number of halogens is 3. The van der Waals surface area contributed by atoms with Crippen LogP contribution < -0.4 is 10.9 Å². The number of aryl methyl sites for hydroxylation is 1. The number of rotatable bonds is 5. The number of anilines is 1. The number of hydrogen-bond donors (Lipinski definition) is 1. The van der Waals surface area contributed by atoms with Gasteiger partial charge in [0.25, 0.3) is 5.56 Å². The molecule has 1 amide bonds. The van der Waals surface area contributed by atoms with Crippen molar-refractivity contribution >= 4 is 23.4 Å². The number of fused-ring (bicyclic) bond motifs is 4. The first-order valence-corrected chi connectivity index (χ1v) is 15.1. The van der Waals surface area contributed by atoms with Crippen molar-refractivity contribution in [2.24, 2.45) is 0 Å². The summed E-state index contributed by atoms with van der Waals surface area (Å²) < 4.78 is 42.1. The summed E-state index contributed by atoms with van der Waals surface area (Å²) in [5, 5.41) is 2.73. The Balaban J connectivity index is 1.45. The van der Waals surface area contributed by atoms with Gasteiger partial charge in [0.05, 0.1) is 33.9 Å². The molecule has 0 radical (unpaired) electrons. The van der Waals surface area contributed by atoms with Gasteiger partial charge in [0, 0.05) is 11.0 Å². The number of carbonyl (C=O) groups is 1. The van der Waals surface area contributed by atoms with Crippen LogP contribution in [0.3, 0.4) is 0 Å². The summed E-state index contributed by atoms with van der Waals surface area (Å²) in [5.74, 6) is -0.847. The SMILES string of the molecule is Cc1ccccc1-n1c(SCC(=O)Nc2ccccc2C(F)(F)F)nc2c(c1=O)C1(CCCCC1)Cc1ccccc1-2. The second kappa shape index (κ2) is 11.1. The van der Waals surface area contributed by atoms with Crippen LogP contribution in [0.25, 0.3) is 16.9 Å². The number of hydrogen-bond acceptors (Lipinski definition) is 4. The Morgan fingerprint density at radius 1 is 0.976 bits per heavy atom. The smallest absolute Gasteiger partial charge is 0.325 e. The molecule has 6 rings (SSSR count). The van der Waals surface area contributed by atoms with Crippen LogP contribution in [0.1, 0.15) is 54.4 Å². The maximum absolute atomic E-state index is 14.6. The molecule has 1 saturated carbocycles. The highest BCUT2D eigenvalue weighted by molar-refractivity contribution is 7.99. The fourth-order valence-electron chi connectivity index (χ4n) is 6.47. The maximum atomic E-state index is 14.6. The minimum absolute atomic E-state index is 0.143. The Morgan fingerprint density at radius 2 is 1.67 bits per heavy atom. The quantitative estimate of drug-likeness (QED) is 0.191. The molecule has 2 aliphatic carbocycles. The number of nitrogens with zero attached hydrogens (tertiary/aromatic N) is 2. The van der Waals surface area contributed by atoms with Gasteiger partial charge < -0.3 is 5.32 Å². The van der Waals surface area contributed by atoms with E-state index in [1.54, 1.807) is 4.57 Å². The fraction of sp³-hybridized carbons (Fsp3) is 0.303. The van der Waals surface area contributed by atoms with Crippen LogP contribution in [0.15, 0.2) is 82.7 Å². The van der Waals surface area contributed by atoms with Gasteiger partial charge in [-0.2, -0.15) is 13.2 Å². The number of alkyl halides is 3. The van der Waals surface area contributed by atoms with Gasteiger partial charge >= 0.3 is 6.18 Å². The van der Waals surface area contributed by atoms with E-state index in [0.29, 0.717) is 16.5 Å². The topological polar surface area (TPSA) is 64.0 Å². The minimum atomic E-state index is -4.61. The summed E-state index contributed by atoms with van der Waals surface area (Å²) in [5.41, 5.74) is 3.34. The molecular formula is C33H30F3N3O2S. The lowest BCUT2D eigenvalue weighted by molar-refractivity contribution is -0.137. The first kappa shape index (κ1) is 28.3. The molecule has 1 heterocycles. The van der Waals surface area contributed by atoms with E-state index in [9.17, 15) is 22.8 Å². The van der Waals surface area contributed by atoms with Crippen LogP contribution in [0.2, 0.25) is 0 Å². The molecule has 216 valence electrons. The largest absolute Gasteiger partial charge is 0.418 e. The monoisotopic (exact) mass is 589 g/mol. The molecule has 0 aliphatic heterocycles. The summed E-state index contributed by atoms with van der Waals surface area (Å²) in [6.07, 6.45) is 1.22. The van der Waals surface area contributed by atoms with Crippen LogP contribution in [-0.2, 0) is 22.8 Å². The number of thioether (sulfide) groups is 1. The standard InChI is InChI=1S/C33H30F3N3O2S/c1-21-11-3-8-16-26(21)39-30(41)28-29(23-13-5-4-12-22(23)19-32(28)17-9-2-10-18-32)38-31(39)42-20-27(40)37-25-15-7-6-14-24(25)33(34,35)36/h3-8,11-16H,2,9-10,17-20H2,1H3,(H,37,40). The Morgan fingerprint density at radius 3 is 2.43 bits per heavy atom. The van der Waals surface area contributed by atoms with Crippen LogP contribution >= 0.6 is 11.8 Å². The number of amides is 1. The summed E-state index contributed by atoms with van der Waals surface area (Å²) in [6, 6.07) is 20.4. The number of aromatic nitrogens is 2. The second-order valence-electron chi connectivity index (χ2n) is 11.1. The molecule has 1 spiro atoms. The molecule has 9 heteroatoms. The van der Waals surface area contributed by atoms with E-state index in [1.165, 1.54) is 18.2 Å². The predicted octanol–water partition coefficient (Wildman–Crippen LogP) is 7.72. The molecule has 0 saturated heterocycles. The zero-order valence-electron chi connectivity index (χ0n) is 23.1. The number of carbonyl (C=O) groups excluding carboxylic acids is 1. The number of para-hydroxylation sites is 2. The average molecular weight is 590 g/mol. The van der Waals surface area contributed by atoms with E-state index < -0.39 is 17.6 Å². The van der Waals surface area contributed by atoms with E-state index >= 15 is 0 Å². The van der Waals surface area contributed by atoms with E-state index in [1.807, 2.05) is 49.4 Å². The third kappa shape index (κ3) is 5.15. The van der Waals surface area contributed by atoms with Crippen LogP contribution in [0.4, 0.5) is 18.9 Å². The van der Waals surface area contributed by atoms with E-state index in [0.717, 1.165) is 78.6 Å². The maximum Gasteiger partial charge on any atom is 0.418 e. The summed E-state index contributed by atoms with van der Waals surface area (Å²) in [7, 11) is 0. The van der Waals surface area contributed by atoms with Gasteiger partial charge in [-0.3, -0.25) is 14.2 Å². The van der Waals surface area contributed by atoms with Gasteiger partial charge in [0.1, 0.15) is 0 Å². The van der Waals surface area contributed by atoms with Crippen LogP contribution in [-0.4, -0.2) is 21.2 Å². The van der Waals surface area contributed by atoms with Crippen molar-refractivity contribution in [2.75, 3.05) is 11.1 Å². The zero-order chi connectivity index (χ0) is 29.5. The first-order chi connectivity index (χ1) is 20.2. The third-order valence-corrected chi connectivity index (χ3v) is 9.33.